The van der Waals surface area contributed by atoms with Crippen molar-refractivity contribution in [2.24, 2.45) is 4.99 Å². The van der Waals surface area contributed by atoms with E-state index in [1.807, 2.05) is 24.9 Å². The lowest BCUT2D eigenvalue weighted by Crippen LogP contribution is -2.40. The lowest BCUT2D eigenvalue weighted by molar-refractivity contribution is -0.121. The lowest BCUT2D eigenvalue weighted by Gasteiger charge is -2.21. The molecule has 1 unspecified atom stereocenters. The number of allylic oxidation sites excluding steroid dienone is 1. The lowest BCUT2D eigenvalue weighted by atomic mass is 10.2. The highest BCUT2D eigenvalue weighted by atomic mass is 127. The number of unbranched alkanes of at least 4 members (excludes halogenated alkanes) is 1. The molecule has 0 radical (unpaired) electrons. The number of sulfone groups is 1. The van der Waals surface area contributed by atoms with Gasteiger partial charge in [-0.1, -0.05) is 6.08 Å². The number of amides is 1. The third-order valence-electron chi connectivity index (χ3n) is 3.80. The van der Waals surface area contributed by atoms with Crippen molar-refractivity contribution in [1.29, 1.82) is 0 Å². The number of nitrogens with zero attached hydrogens (tertiary/aromatic N) is 2. The molecule has 1 fully saturated rings. The number of carbonyl (C=O) groups excluding carboxylic acids is 1. The topological polar surface area (TPSA) is 90.9 Å². The summed E-state index contributed by atoms with van der Waals surface area (Å²) in [6.45, 7) is 7.71. The zero-order chi connectivity index (χ0) is 18.0. The van der Waals surface area contributed by atoms with Crippen molar-refractivity contribution in [3.63, 3.8) is 0 Å². The van der Waals surface area contributed by atoms with E-state index >= 15 is 0 Å². The highest BCUT2D eigenvalue weighted by Crippen LogP contribution is 2.11. The number of rotatable bonds is 9. The summed E-state index contributed by atoms with van der Waals surface area (Å²) in [6, 6.07) is -0.249. The molecular weight excluding hydrogens is 455 g/mol. The first-order valence-electron chi connectivity index (χ1n) is 8.48. The molecule has 0 bridgehead atoms. The van der Waals surface area contributed by atoms with Crippen molar-refractivity contribution in [2.45, 2.75) is 38.6 Å². The monoisotopic (exact) mass is 486 g/mol. The Labute approximate surface area is 168 Å². The van der Waals surface area contributed by atoms with Crippen LogP contribution in [0.2, 0.25) is 0 Å². The van der Waals surface area contributed by atoms with E-state index in [1.165, 1.54) is 0 Å². The van der Waals surface area contributed by atoms with E-state index in [0.717, 1.165) is 31.9 Å². The van der Waals surface area contributed by atoms with Crippen LogP contribution in [0.1, 0.15) is 32.6 Å². The standard InChI is InChI=1S/C16H30N4O3S.HI/c1-4-6-7-11-20(3)16(17-5-2)18-10-8-15(21)19-14-9-12-24(22,23)13-14;/h4,14H,1,5-13H2,2-3H3,(H,17,18)(H,19,21);1H. The smallest absolute Gasteiger partial charge is 0.222 e. The van der Waals surface area contributed by atoms with E-state index in [2.05, 4.69) is 22.2 Å². The van der Waals surface area contributed by atoms with Gasteiger partial charge in [-0.3, -0.25) is 9.79 Å². The van der Waals surface area contributed by atoms with Gasteiger partial charge in [-0.15, -0.1) is 30.6 Å². The van der Waals surface area contributed by atoms with E-state index in [4.69, 9.17) is 0 Å². The molecule has 9 heteroatoms. The Hall–Kier alpha value is -0.840. The molecule has 146 valence electrons. The van der Waals surface area contributed by atoms with E-state index in [9.17, 15) is 13.2 Å². The quantitative estimate of drug-likeness (QED) is 0.168. The molecule has 1 amide bonds. The summed E-state index contributed by atoms with van der Waals surface area (Å²) in [5.74, 6) is 0.844. The van der Waals surface area contributed by atoms with Crippen molar-refractivity contribution < 1.29 is 13.2 Å². The molecule has 0 aromatic carbocycles. The van der Waals surface area contributed by atoms with Crippen LogP contribution in [0.5, 0.6) is 0 Å². The normalized spacial score (nSPS) is 19.0. The molecule has 0 spiro atoms. The van der Waals surface area contributed by atoms with Gasteiger partial charge >= 0.3 is 0 Å². The molecule has 1 atom stereocenters. The van der Waals surface area contributed by atoms with Crippen LogP contribution in [0.25, 0.3) is 0 Å². The highest BCUT2D eigenvalue weighted by molar-refractivity contribution is 14.0. The van der Waals surface area contributed by atoms with Crippen molar-refractivity contribution in [2.75, 3.05) is 38.2 Å². The van der Waals surface area contributed by atoms with Crippen LogP contribution in [0.15, 0.2) is 17.6 Å². The van der Waals surface area contributed by atoms with Crippen LogP contribution in [0, 0.1) is 0 Å². The number of halogens is 1. The van der Waals surface area contributed by atoms with Gasteiger partial charge in [0.1, 0.15) is 0 Å². The number of hydrogen-bond donors (Lipinski definition) is 2. The van der Waals surface area contributed by atoms with Gasteiger partial charge in [0, 0.05) is 32.6 Å². The maximum Gasteiger partial charge on any atom is 0.222 e. The molecule has 2 N–H and O–H groups in total. The molecule has 1 aliphatic rings. The minimum absolute atomic E-state index is 0. The molecule has 7 nitrogen and oxygen atoms in total. The molecule has 25 heavy (non-hydrogen) atoms. The van der Waals surface area contributed by atoms with Gasteiger partial charge in [0.2, 0.25) is 5.91 Å². The first-order valence-corrected chi connectivity index (χ1v) is 10.3. The third kappa shape index (κ3) is 10.0. The van der Waals surface area contributed by atoms with Crippen LogP contribution < -0.4 is 10.6 Å². The number of hydrogen-bond acceptors (Lipinski definition) is 4. The molecule has 1 heterocycles. The van der Waals surface area contributed by atoms with Gasteiger partial charge < -0.3 is 15.5 Å². The maximum atomic E-state index is 11.9. The second-order valence-corrected chi connectivity index (χ2v) is 8.23. The molecule has 1 aliphatic heterocycles. The number of guanidine groups is 1. The molecular formula is C16H31IN4O3S. The third-order valence-corrected chi connectivity index (χ3v) is 5.56. The minimum Gasteiger partial charge on any atom is -0.357 e. The van der Waals surface area contributed by atoms with E-state index < -0.39 is 9.84 Å². The molecule has 1 rings (SSSR count). The van der Waals surface area contributed by atoms with Crippen molar-refractivity contribution >= 4 is 45.7 Å². The van der Waals surface area contributed by atoms with E-state index in [-0.39, 0.29) is 53.9 Å². The van der Waals surface area contributed by atoms with Gasteiger partial charge in [-0.2, -0.15) is 0 Å². The van der Waals surface area contributed by atoms with Crippen LogP contribution in [0.4, 0.5) is 0 Å². The Morgan fingerprint density at radius 1 is 1.44 bits per heavy atom. The molecule has 0 saturated carbocycles. The average Bonchev–Trinajstić information content (AvgIpc) is 2.85. The Morgan fingerprint density at radius 3 is 2.72 bits per heavy atom. The summed E-state index contributed by atoms with van der Waals surface area (Å²) in [4.78, 5) is 18.4. The zero-order valence-electron chi connectivity index (χ0n) is 15.2. The minimum atomic E-state index is -2.97. The summed E-state index contributed by atoms with van der Waals surface area (Å²) in [6.07, 6.45) is 4.61. The fourth-order valence-corrected chi connectivity index (χ4v) is 4.19. The Kier molecular flexibility index (Phi) is 12.1. The van der Waals surface area contributed by atoms with Gasteiger partial charge in [0.05, 0.1) is 18.1 Å². The van der Waals surface area contributed by atoms with Crippen molar-refractivity contribution in [3.05, 3.63) is 12.7 Å². The average molecular weight is 486 g/mol. The van der Waals surface area contributed by atoms with Gasteiger partial charge in [-0.25, -0.2) is 8.42 Å². The Morgan fingerprint density at radius 2 is 2.16 bits per heavy atom. The number of aliphatic imine (C=N–C) groups is 1. The number of nitrogens with one attached hydrogen (secondary N) is 2. The van der Waals surface area contributed by atoms with E-state index in [0.29, 0.717) is 13.0 Å². The molecule has 0 aliphatic carbocycles. The van der Waals surface area contributed by atoms with Crippen LogP contribution in [0.3, 0.4) is 0 Å². The fraction of sp³-hybridized carbons (Fsp3) is 0.750. The molecule has 1 saturated heterocycles. The first kappa shape index (κ1) is 24.2. The van der Waals surface area contributed by atoms with Crippen LogP contribution >= 0.6 is 24.0 Å². The van der Waals surface area contributed by atoms with Gasteiger partial charge in [0.25, 0.3) is 0 Å². The summed E-state index contributed by atoms with van der Waals surface area (Å²) in [5, 5.41) is 5.98. The Bertz CT molecular complexity index is 552. The number of carbonyl (C=O) groups is 1. The maximum absolute atomic E-state index is 11.9. The Balaban J connectivity index is 0.00000576. The van der Waals surface area contributed by atoms with Crippen LogP contribution in [-0.4, -0.2) is 69.4 Å². The second-order valence-electron chi connectivity index (χ2n) is 6.01. The SMILES string of the molecule is C=CCCCN(C)C(=NCCC(=O)NC1CCS(=O)(=O)C1)NCC.I. The highest BCUT2D eigenvalue weighted by Gasteiger charge is 2.28. The largest absolute Gasteiger partial charge is 0.357 e. The summed E-state index contributed by atoms with van der Waals surface area (Å²) in [7, 11) is -1.00. The fourth-order valence-electron chi connectivity index (χ4n) is 2.52. The van der Waals surface area contributed by atoms with Crippen molar-refractivity contribution in [1.82, 2.24) is 15.5 Å². The summed E-state index contributed by atoms with van der Waals surface area (Å²) >= 11 is 0. The zero-order valence-corrected chi connectivity index (χ0v) is 18.3. The van der Waals surface area contributed by atoms with Gasteiger partial charge in [0.15, 0.2) is 15.8 Å². The molecule has 0 aromatic rings. The summed E-state index contributed by atoms with van der Waals surface area (Å²) in [5.41, 5.74) is 0. The van der Waals surface area contributed by atoms with E-state index in [1.54, 1.807) is 0 Å². The second kappa shape index (κ2) is 12.5. The van der Waals surface area contributed by atoms with Crippen LogP contribution in [-0.2, 0) is 14.6 Å². The summed E-state index contributed by atoms with van der Waals surface area (Å²) < 4.78 is 22.8. The molecule has 0 aromatic heterocycles. The predicted octanol–water partition coefficient (Wildman–Crippen LogP) is 1.16. The van der Waals surface area contributed by atoms with Crippen molar-refractivity contribution in [3.8, 4) is 0 Å². The van der Waals surface area contributed by atoms with Gasteiger partial charge in [-0.05, 0) is 26.2 Å². The predicted molar refractivity (Wildman–Crippen MR) is 113 cm³/mol. The first-order chi connectivity index (χ1) is 11.4.